The van der Waals surface area contributed by atoms with Gasteiger partial charge in [0.1, 0.15) is 5.75 Å². The highest BCUT2D eigenvalue weighted by atomic mass is 35.5. The molecule has 0 aliphatic heterocycles. The molecule has 0 spiro atoms. The van der Waals surface area contributed by atoms with Crippen molar-refractivity contribution in [3.8, 4) is 17.6 Å². The number of benzene rings is 2. The number of nitro benzene ring substituents is 1. The normalized spacial score (nSPS) is 9.85. The van der Waals surface area contributed by atoms with Crippen LogP contribution in [0.5, 0.6) is 11.5 Å². The van der Waals surface area contributed by atoms with Crippen LogP contribution in [0, 0.1) is 21.4 Å². The van der Waals surface area contributed by atoms with E-state index in [9.17, 15) is 10.1 Å². The Labute approximate surface area is 124 Å². The number of nitro groups is 1. The van der Waals surface area contributed by atoms with Crippen molar-refractivity contribution < 1.29 is 9.66 Å². The summed E-state index contributed by atoms with van der Waals surface area (Å²) in [6.45, 7) is 0. The van der Waals surface area contributed by atoms with E-state index in [1.807, 2.05) is 6.07 Å². The number of rotatable bonds is 3. The molecule has 0 saturated heterocycles. The molecule has 2 rings (SSSR count). The number of hydrogen-bond donors (Lipinski definition) is 0. The topological polar surface area (TPSA) is 76.2 Å². The molecule has 7 heteroatoms. The summed E-state index contributed by atoms with van der Waals surface area (Å²) in [7, 11) is 0. The molecule has 0 heterocycles. The molecule has 20 heavy (non-hydrogen) atoms. The fraction of sp³-hybridized carbons (Fsp3) is 0. The lowest BCUT2D eigenvalue weighted by Gasteiger charge is -2.08. The van der Waals surface area contributed by atoms with E-state index in [1.54, 1.807) is 6.07 Å². The molecule has 0 aliphatic carbocycles. The number of nitriles is 1. The van der Waals surface area contributed by atoms with Gasteiger partial charge < -0.3 is 4.74 Å². The van der Waals surface area contributed by atoms with Crippen LogP contribution in [0.3, 0.4) is 0 Å². The zero-order valence-electron chi connectivity index (χ0n) is 9.84. The number of hydrogen-bond acceptors (Lipinski definition) is 4. The van der Waals surface area contributed by atoms with Crippen LogP contribution >= 0.6 is 23.2 Å². The maximum Gasteiger partial charge on any atom is 0.311 e. The Hall–Kier alpha value is -2.29. The second kappa shape index (κ2) is 5.78. The molecule has 0 saturated carbocycles. The van der Waals surface area contributed by atoms with Crippen LogP contribution < -0.4 is 4.74 Å². The van der Waals surface area contributed by atoms with Crippen molar-refractivity contribution >= 4 is 28.9 Å². The molecule has 5 nitrogen and oxygen atoms in total. The predicted molar refractivity (Wildman–Crippen MR) is 74.3 cm³/mol. The number of ether oxygens (including phenoxy) is 1. The van der Waals surface area contributed by atoms with Crippen molar-refractivity contribution in [2.24, 2.45) is 0 Å². The fourth-order valence-electron chi connectivity index (χ4n) is 1.49. The molecule has 0 N–H and O–H groups in total. The highest BCUT2D eigenvalue weighted by Gasteiger charge is 2.17. The molecular formula is C13H6Cl2N2O3. The standard InChI is InChI=1S/C13H6Cl2N2O3/c14-9-2-3-10(15)12(6-9)20-13-5-8(7-16)1-4-11(13)17(18)19/h1-6H. The van der Waals surface area contributed by atoms with Gasteiger partial charge in [0.2, 0.25) is 5.75 Å². The van der Waals surface area contributed by atoms with Gasteiger partial charge in [-0.1, -0.05) is 23.2 Å². The Morgan fingerprint density at radius 1 is 1.15 bits per heavy atom. The van der Waals surface area contributed by atoms with E-state index in [4.69, 9.17) is 33.2 Å². The Morgan fingerprint density at radius 2 is 1.90 bits per heavy atom. The van der Waals surface area contributed by atoms with Crippen molar-refractivity contribution in [3.05, 3.63) is 62.1 Å². The van der Waals surface area contributed by atoms with Crippen LogP contribution in [0.2, 0.25) is 10.0 Å². The summed E-state index contributed by atoms with van der Waals surface area (Å²) in [5.41, 5.74) is -0.0243. The maximum absolute atomic E-state index is 10.9. The van der Waals surface area contributed by atoms with E-state index in [0.717, 1.165) is 0 Å². The van der Waals surface area contributed by atoms with Crippen molar-refractivity contribution in [2.45, 2.75) is 0 Å². The molecule has 0 radical (unpaired) electrons. The lowest BCUT2D eigenvalue weighted by Crippen LogP contribution is -1.94. The van der Waals surface area contributed by atoms with Gasteiger partial charge in [0, 0.05) is 23.2 Å². The number of nitrogens with zero attached hydrogens (tertiary/aromatic N) is 2. The Balaban J connectivity index is 2.49. The fourth-order valence-corrected chi connectivity index (χ4v) is 1.81. The largest absolute Gasteiger partial charge is 0.448 e. The van der Waals surface area contributed by atoms with Crippen LogP contribution in [0.15, 0.2) is 36.4 Å². The summed E-state index contributed by atoms with van der Waals surface area (Å²) in [6, 6.07) is 10.2. The van der Waals surface area contributed by atoms with Gasteiger partial charge in [-0.3, -0.25) is 10.1 Å². The minimum absolute atomic E-state index is 0.0711. The van der Waals surface area contributed by atoms with Gasteiger partial charge in [-0.15, -0.1) is 0 Å². The van der Waals surface area contributed by atoms with Crippen LogP contribution in [0.25, 0.3) is 0 Å². The SMILES string of the molecule is N#Cc1ccc([N+](=O)[O-])c(Oc2cc(Cl)ccc2Cl)c1. The third-order valence-electron chi connectivity index (χ3n) is 2.40. The Morgan fingerprint density at radius 3 is 2.55 bits per heavy atom. The zero-order valence-corrected chi connectivity index (χ0v) is 11.4. The van der Waals surface area contributed by atoms with Gasteiger partial charge in [-0.25, -0.2) is 0 Å². The average Bonchev–Trinajstić information content (AvgIpc) is 2.42. The van der Waals surface area contributed by atoms with Crippen molar-refractivity contribution in [1.82, 2.24) is 0 Å². The van der Waals surface area contributed by atoms with Crippen molar-refractivity contribution in [2.75, 3.05) is 0 Å². The third-order valence-corrected chi connectivity index (χ3v) is 2.95. The lowest BCUT2D eigenvalue weighted by atomic mass is 10.2. The van der Waals surface area contributed by atoms with E-state index in [1.165, 1.54) is 30.3 Å². The summed E-state index contributed by atoms with van der Waals surface area (Å²) in [4.78, 5) is 10.3. The summed E-state index contributed by atoms with van der Waals surface area (Å²) < 4.78 is 5.42. The summed E-state index contributed by atoms with van der Waals surface area (Å²) in [6.07, 6.45) is 0. The molecule has 2 aromatic carbocycles. The van der Waals surface area contributed by atoms with Gasteiger partial charge in [0.15, 0.2) is 0 Å². The van der Waals surface area contributed by atoms with Crippen LogP contribution in [-0.4, -0.2) is 4.92 Å². The first kappa shape index (κ1) is 14.1. The number of halogens is 2. The van der Waals surface area contributed by atoms with E-state index in [2.05, 4.69) is 0 Å². The van der Waals surface area contributed by atoms with Gasteiger partial charge in [-0.2, -0.15) is 5.26 Å². The van der Waals surface area contributed by atoms with Crippen LogP contribution in [0.4, 0.5) is 5.69 Å². The van der Waals surface area contributed by atoms with E-state index >= 15 is 0 Å². The summed E-state index contributed by atoms with van der Waals surface area (Å²) in [5, 5.41) is 20.4. The quantitative estimate of drug-likeness (QED) is 0.615. The average molecular weight is 309 g/mol. The van der Waals surface area contributed by atoms with Crippen LogP contribution in [0.1, 0.15) is 5.56 Å². The minimum atomic E-state index is -0.602. The second-order valence-corrected chi connectivity index (χ2v) is 4.57. The smallest absolute Gasteiger partial charge is 0.311 e. The molecule has 0 bridgehead atoms. The Bertz CT molecular complexity index is 726. The van der Waals surface area contributed by atoms with E-state index < -0.39 is 4.92 Å². The monoisotopic (exact) mass is 308 g/mol. The molecule has 0 aliphatic rings. The molecule has 0 aromatic heterocycles. The van der Waals surface area contributed by atoms with Crippen molar-refractivity contribution in [1.29, 1.82) is 5.26 Å². The predicted octanol–water partition coefficient (Wildman–Crippen LogP) is 4.57. The van der Waals surface area contributed by atoms with E-state index in [0.29, 0.717) is 5.02 Å². The highest BCUT2D eigenvalue weighted by Crippen LogP contribution is 2.36. The first-order chi connectivity index (χ1) is 9.51. The first-order valence-corrected chi connectivity index (χ1v) is 6.08. The molecule has 0 atom stereocenters. The first-order valence-electron chi connectivity index (χ1n) is 5.32. The molecule has 0 amide bonds. The van der Waals surface area contributed by atoms with E-state index in [-0.39, 0.29) is 27.8 Å². The van der Waals surface area contributed by atoms with Gasteiger partial charge >= 0.3 is 5.69 Å². The molecule has 2 aromatic rings. The second-order valence-electron chi connectivity index (χ2n) is 3.73. The zero-order chi connectivity index (χ0) is 14.7. The minimum Gasteiger partial charge on any atom is -0.448 e. The van der Waals surface area contributed by atoms with Crippen LogP contribution in [-0.2, 0) is 0 Å². The van der Waals surface area contributed by atoms with Crippen molar-refractivity contribution in [3.63, 3.8) is 0 Å². The third kappa shape index (κ3) is 2.99. The highest BCUT2D eigenvalue weighted by molar-refractivity contribution is 6.34. The summed E-state index contributed by atoms with van der Waals surface area (Å²) >= 11 is 11.8. The lowest BCUT2D eigenvalue weighted by molar-refractivity contribution is -0.385. The van der Waals surface area contributed by atoms with Gasteiger partial charge in [0.05, 0.1) is 21.6 Å². The molecule has 0 fully saturated rings. The van der Waals surface area contributed by atoms with Gasteiger partial charge in [0.25, 0.3) is 0 Å². The molecular weight excluding hydrogens is 303 g/mol. The molecule has 0 unspecified atom stereocenters. The summed E-state index contributed by atoms with van der Waals surface area (Å²) in [5.74, 6) is 0.107. The molecule has 100 valence electrons. The van der Waals surface area contributed by atoms with Gasteiger partial charge in [-0.05, 0) is 18.2 Å². The Kier molecular flexibility index (Phi) is 4.08. The maximum atomic E-state index is 10.9.